The summed E-state index contributed by atoms with van der Waals surface area (Å²) in [6, 6.07) is 5.12. The fourth-order valence-electron chi connectivity index (χ4n) is 2.84. The molecule has 0 radical (unpaired) electrons. The van der Waals surface area contributed by atoms with E-state index in [4.69, 9.17) is 5.73 Å². The summed E-state index contributed by atoms with van der Waals surface area (Å²) in [5.41, 5.74) is 7.33. The molecular weight excluding hydrogens is 241 g/mol. The average Bonchev–Trinajstić information content (AvgIpc) is 3.15. The summed E-state index contributed by atoms with van der Waals surface area (Å²) in [5.74, 6) is 1.04. The van der Waals surface area contributed by atoms with Gasteiger partial charge in [0.05, 0.1) is 11.1 Å². The molecule has 1 aliphatic rings. The summed E-state index contributed by atoms with van der Waals surface area (Å²) in [4.78, 5) is 4.53. The summed E-state index contributed by atoms with van der Waals surface area (Å²) >= 11 is 0. The maximum absolute atomic E-state index is 13.9. The molecule has 1 aromatic carbocycles. The first-order valence-corrected chi connectivity index (χ1v) is 6.99. The maximum atomic E-state index is 13.9. The predicted molar refractivity (Wildman–Crippen MR) is 74.2 cm³/mol. The molecule has 1 aromatic heterocycles. The molecule has 0 saturated heterocycles. The molecule has 0 bridgehead atoms. The smallest absolute Gasteiger partial charge is 0.151 e. The van der Waals surface area contributed by atoms with Gasteiger partial charge in [0, 0.05) is 6.54 Å². The minimum Gasteiger partial charge on any atom is -0.326 e. The van der Waals surface area contributed by atoms with Crippen molar-refractivity contribution in [1.29, 1.82) is 0 Å². The number of hydrogen-bond donors (Lipinski definition) is 1. The number of fused-ring (bicyclic) bond motifs is 1. The number of halogens is 1. The number of nitrogens with zero attached hydrogens (tertiary/aromatic N) is 2. The van der Waals surface area contributed by atoms with E-state index in [0.29, 0.717) is 11.4 Å². The topological polar surface area (TPSA) is 43.8 Å². The van der Waals surface area contributed by atoms with E-state index >= 15 is 0 Å². The van der Waals surface area contributed by atoms with E-state index < -0.39 is 5.54 Å². The zero-order valence-corrected chi connectivity index (χ0v) is 11.5. The number of aryl methyl sites for hydroxylation is 1. The highest BCUT2D eigenvalue weighted by Gasteiger charge is 2.43. The van der Waals surface area contributed by atoms with Gasteiger partial charge < -0.3 is 10.3 Å². The van der Waals surface area contributed by atoms with Crippen LogP contribution in [0.2, 0.25) is 0 Å². The SMILES string of the molecule is CCCn1c(C(C)(N)C2CC2)nc2c(F)cccc21. The Morgan fingerprint density at radius 2 is 2.21 bits per heavy atom. The average molecular weight is 261 g/mol. The van der Waals surface area contributed by atoms with Crippen molar-refractivity contribution in [3.05, 3.63) is 29.8 Å². The first-order valence-electron chi connectivity index (χ1n) is 6.99. The standard InChI is InChI=1S/C15H20FN3/c1-3-9-19-12-6-4-5-11(16)13(12)18-14(19)15(2,17)10-7-8-10/h4-6,10H,3,7-9,17H2,1-2H3. The van der Waals surface area contributed by atoms with E-state index in [1.807, 2.05) is 13.0 Å². The third-order valence-corrected chi connectivity index (χ3v) is 4.08. The quantitative estimate of drug-likeness (QED) is 0.918. The predicted octanol–water partition coefficient (Wildman–Crippen LogP) is 3.17. The fraction of sp³-hybridized carbons (Fsp3) is 0.533. The van der Waals surface area contributed by atoms with Gasteiger partial charge in [0.1, 0.15) is 11.3 Å². The molecule has 1 heterocycles. The number of imidazole rings is 1. The van der Waals surface area contributed by atoms with Crippen molar-refractivity contribution in [2.75, 3.05) is 0 Å². The lowest BCUT2D eigenvalue weighted by molar-refractivity contribution is 0.382. The van der Waals surface area contributed by atoms with Gasteiger partial charge in [-0.1, -0.05) is 13.0 Å². The number of benzene rings is 1. The lowest BCUT2D eigenvalue weighted by Gasteiger charge is -2.25. The highest BCUT2D eigenvalue weighted by Crippen LogP contribution is 2.44. The van der Waals surface area contributed by atoms with Crippen LogP contribution in [0.3, 0.4) is 0 Å². The fourth-order valence-corrected chi connectivity index (χ4v) is 2.84. The lowest BCUT2D eigenvalue weighted by Crippen LogP contribution is -2.38. The molecule has 0 aliphatic heterocycles. The van der Waals surface area contributed by atoms with Crippen LogP contribution in [0.4, 0.5) is 4.39 Å². The van der Waals surface area contributed by atoms with Crippen molar-refractivity contribution in [3.8, 4) is 0 Å². The molecular formula is C15H20FN3. The normalized spacial score (nSPS) is 18.7. The van der Waals surface area contributed by atoms with Gasteiger partial charge in [-0.15, -0.1) is 0 Å². The summed E-state index contributed by atoms with van der Waals surface area (Å²) in [7, 11) is 0. The van der Waals surface area contributed by atoms with Crippen molar-refractivity contribution in [2.45, 2.75) is 45.2 Å². The van der Waals surface area contributed by atoms with Crippen LogP contribution in [-0.2, 0) is 12.1 Å². The minimum absolute atomic E-state index is 0.264. The molecule has 2 N–H and O–H groups in total. The Bertz CT molecular complexity index is 611. The first kappa shape index (κ1) is 12.6. The molecule has 0 amide bonds. The minimum atomic E-state index is -0.458. The van der Waals surface area contributed by atoms with E-state index in [0.717, 1.165) is 37.1 Å². The number of hydrogen-bond acceptors (Lipinski definition) is 2. The molecule has 1 unspecified atom stereocenters. The van der Waals surface area contributed by atoms with E-state index in [-0.39, 0.29) is 5.82 Å². The van der Waals surface area contributed by atoms with Crippen molar-refractivity contribution < 1.29 is 4.39 Å². The Labute approximate surface area is 112 Å². The van der Waals surface area contributed by atoms with E-state index in [1.165, 1.54) is 6.07 Å². The number of para-hydroxylation sites is 1. The van der Waals surface area contributed by atoms with Crippen LogP contribution >= 0.6 is 0 Å². The summed E-state index contributed by atoms with van der Waals surface area (Å²) < 4.78 is 16.0. The number of aromatic nitrogens is 2. The van der Waals surface area contributed by atoms with Gasteiger partial charge in [-0.25, -0.2) is 9.37 Å². The summed E-state index contributed by atoms with van der Waals surface area (Å²) in [6.45, 7) is 4.96. The molecule has 1 fully saturated rings. The van der Waals surface area contributed by atoms with Gasteiger partial charge in [0.2, 0.25) is 0 Å². The zero-order valence-electron chi connectivity index (χ0n) is 11.5. The van der Waals surface area contributed by atoms with Crippen molar-refractivity contribution in [2.24, 2.45) is 11.7 Å². The van der Waals surface area contributed by atoms with Crippen LogP contribution in [0.15, 0.2) is 18.2 Å². The molecule has 0 spiro atoms. The second-order valence-corrected chi connectivity index (χ2v) is 5.75. The molecule has 2 aromatic rings. The van der Waals surface area contributed by atoms with Crippen molar-refractivity contribution in [3.63, 3.8) is 0 Å². The van der Waals surface area contributed by atoms with Crippen LogP contribution in [0.25, 0.3) is 11.0 Å². The summed E-state index contributed by atoms with van der Waals surface area (Å²) in [5, 5.41) is 0. The van der Waals surface area contributed by atoms with Gasteiger partial charge >= 0.3 is 0 Å². The first-order chi connectivity index (χ1) is 9.05. The Morgan fingerprint density at radius 1 is 1.47 bits per heavy atom. The molecule has 1 atom stereocenters. The lowest BCUT2D eigenvalue weighted by atomic mass is 9.96. The summed E-state index contributed by atoms with van der Waals surface area (Å²) in [6.07, 6.45) is 3.27. The highest BCUT2D eigenvalue weighted by molar-refractivity contribution is 5.77. The molecule has 19 heavy (non-hydrogen) atoms. The van der Waals surface area contributed by atoms with Gasteiger partial charge in [-0.2, -0.15) is 0 Å². The molecule has 1 aliphatic carbocycles. The highest BCUT2D eigenvalue weighted by atomic mass is 19.1. The van der Waals surface area contributed by atoms with Gasteiger partial charge in [-0.3, -0.25) is 0 Å². The molecule has 102 valence electrons. The third-order valence-electron chi connectivity index (χ3n) is 4.08. The van der Waals surface area contributed by atoms with Crippen LogP contribution in [-0.4, -0.2) is 9.55 Å². The third kappa shape index (κ3) is 1.94. The van der Waals surface area contributed by atoms with Crippen LogP contribution in [0.5, 0.6) is 0 Å². The number of nitrogens with two attached hydrogens (primary N) is 1. The Hall–Kier alpha value is -1.42. The van der Waals surface area contributed by atoms with E-state index in [9.17, 15) is 4.39 Å². The van der Waals surface area contributed by atoms with Crippen molar-refractivity contribution in [1.82, 2.24) is 9.55 Å². The molecule has 3 nitrogen and oxygen atoms in total. The van der Waals surface area contributed by atoms with E-state index in [2.05, 4.69) is 16.5 Å². The van der Waals surface area contributed by atoms with Gasteiger partial charge in [0.25, 0.3) is 0 Å². The van der Waals surface area contributed by atoms with Gasteiger partial charge in [0.15, 0.2) is 5.82 Å². The number of rotatable bonds is 4. The second kappa shape index (κ2) is 4.30. The largest absolute Gasteiger partial charge is 0.326 e. The van der Waals surface area contributed by atoms with Crippen molar-refractivity contribution >= 4 is 11.0 Å². The Kier molecular flexibility index (Phi) is 2.86. The molecule has 4 heteroatoms. The van der Waals surface area contributed by atoms with Crippen LogP contribution < -0.4 is 5.73 Å². The van der Waals surface area contributed by atoms with Crippen LogP contribution in [0, 0.1) is 11.7 Å². The molecule has 1 saturated carbocycles. The Balaban J connectivity index is 2.22. The van der Waals surface area contributed by atoms with E-state index in [1.54, 1.807) is 6.07 Å². The maximum Gasteiger partial charge on any atom is 0.151 e. The van der Waals surface area contributed by atoms with Crippen LogP contribution in [0.1, 0.15) is 38.9 Å². The Morgan fingerprint density at radius 3 is 2.84 bits per heavy atom. The second-order valence-electron chi connectivity index (χ2n) is 5.75. The molecule has 3 rings (SSSR count). The zero-order chi connectivity index (χ0) is 13.6. The van der Waals surface area contributed by atoms with Gasteiger partial charge in [-0.05, 0) is 44.2 Å². The monoisotopic (exact) mass is 261 g/mol.